The molecule has 3 aromatic rings. The molecule has 0 radical (unpaired) electrons. The maximum atomic E-state index is 14.0. The van der Waals surface area contributed by atoms with Crippen molar-refractivity contribution >= 4 is 17.5 Å². The zero-order valence-corrected chi connectivity index (χ0v) is 19.5. The first kappa shape index (κ1) is 21.9. The van der Waals surface area contributed by atoms with Crippen molar-refractivity contribution < 1.29 is 18.7 Å². The highest BCUT2D eigenvalue weighted by Gasteiger charge is 2.35. The van der Waals surface area contributed by atoms with E-state index in [-0.39, 0.29) is 22.9 Å². The van der Waals surface area contributed by atoms with Crippen molar-refractivity contribution in [1.82, 2.24) is 14.8 Å². The number of halogens is 1. The molecule has 1 saturated carbocycles. The quantitative estimate of drug-likeness (QED) is 0.477. The number of fused-ring (bicyclic) bond motifs is 1. The molecular formula is C25H26FN3O3S. The standard InChI is InChI=1S/C25H26FN3O3S/c1-31-20-12-16-13-22(23(30)19(16)14-21(20)32-2)33-25-28-27-24(15-7-6-8-17(26)11-15)29(25)18-9-4-3-5-10-18/h6-8,11-12,14,18,22H,3-5,9-10,13H2,1-2H3. The van der Waals surface area contributed by atoms with Gasteiger partial charge in [0.2, 0.25) is 0 Å². The molecule has 2 aliphatic carbocycles. The number of ether oxygens (including phenoxy) is 2. The number of Topliss-reactive ketones (excluding diaryl/α,β-unsaturated/α-hetero) is 1. The van der Waals surface area contributed by atoms with Gasteiger partial charge in [0.1, 0.15) is 5.82 Å². The van der Waals surface area contributed by atoms with E-state index < -0.39 is 0 Å². The third-order valence-corrected chi connectivity index (χ3v) is 7.66. The van der Waals surface area contributed by atoms with Gasteiger partial charge in [0.15, 0.2) is 28.3 Å². The van der Waals surface area contributed by atoms with Gasteiger partial charge in [-0.05, 0) is 49.1 Å². The third-order valence-electron chi connectivity index (χ3n) is 6.51. The molecule has 5 rings (SSSR count). The molecule has 2 aliphatic rings. The first-order chi connectivity index (χ1) is 16.1. The minimum atomic E-state index is -0.302. The maximum Gasteiger partial charge on any atom is 0.192 e. The van der Waals surface area contributed by atoms with E-state index in [0.29, 0.717) is 40.0 Å². The highest BCUT2D eigenvalue weighted by molar-refractivity contribution is 8.00. The molecule has 0 N–H and O–H groups in total. The summed E-state index contributed by atoms with van der Waals surface area (Å²) in [5.41, 5.74) is 2.32. The van der Waals surface area contributed by atoms with Crippen molar-refractivity contribution in [3.63, 3.8) is 0 Å². The van der Waals surface area contributed by atoms with Crippen molar-refractivity contribution in [3.05, 3.63) is 53.3 Å². The largest absolute Gasteiger partial charge is 0.493 e. The summed E-state index contributed by atoms with van der Waals surface area (Å²) in [7, 11) is 3.16. The van der Waals surface area contributed by atoms with Gasteiger partial charge in [0.25, 0.3) is 0 Å². The van der Waals surface area contributed by atoms with Crippen LogP contribution >= 0.6 is 11.8 Å². The van der Waals surface area contributed by atoms with Gasteiger partial charge in [-0.1, -0.05) is 43.2 Å². The van der Waals surface area contributed by atoms with E-state index in [9.17, 15) is 9.18 Å². The normalized spacial score (nSPS) is 18.4. The molecule has 1 unspecified atom stereocenters. The smallest absolute Gasteiger partial charge is 0.192 e. The van der Waals surface area contributed by atoms with Gasteiger partial charge in [-0.3, -0.25) is 9.36 Å². The summed E-state index contributed by atoms with van der Waals surface area (Å²) < 4.78 is 26.9. The molecule has 172 valence electrons. The van der Waals surface area contributed by atoms with Crippen molar-refractivity contribution in [2.24, 2.45) is 0 Å². The zero-order chi connectivity index (χ0) is 22.9. The summed E-state index contributed by atoms with van der Waals surface area (Å²) >= 11 is 1.45. The van der Waals surface area contributed by atoms with Crippen LogP contribution < -0.4 is 9.47 Å². The molecule has 1 heterocycles. The zero-order valence-electron chi connectivity index (χ0n) is 18.7. The van der Waals surface area contributed by atoms with Crippen LogP contribution in [0.15, 0.2) is 41.6 Å². The summed E-state index contributed by atoms with van der Waals surface area (Å²) in [5.74, 6) is 1.59. The monoisotopic (exact) mass is 467 g/mol. The molecule has 6 nitrogen and oxygen atoms in total. The lowest BCUT2D eigenvalue weighted by molar-refractivity contribution is 0.0999. The SMILES string of the molecule is COc1cc2c(cc1OC)C(=O)C(Sc1nnc(-c3cccc(F)c3)n1C1CCCCC1)C2. The number of methoxy groups -OCH3 is 2. The van der Waals surface area contributed by atoms with E-state index in [1.807, 2.05) is 12.1 Å². The number of carbonyl (C=O) groups is 1. The fraction of sp³-hybridized carbons (Fsp3) is 0.400. The van der Waals surface area contributed by atoms with E-state index in [2.05, 4.69) is 14.8 Å². The lowest BCUT2D eigenvalue weighted by Crippen LogP contribution is -2.18. The molecule has 0 spiro atoms. The lowest BCUT2D eigenvalue weighted by Gasteiger charge is -2.26. The van der Waals surface area contributed by atoms with E-state index >= 15 is 0 Å². The van der Waals surface area contributed by atoms with Gasteiger partial charge in [-0.25, -0.2) is 4.39 Å². The highest BCUT2D eigenvalue weighted by atomic mass is 32.2. The molecular weight excluding hydrogens is 441 g/mol. The van der Waals surface area contributed by atoms with E-state index in [0.717, 1.165) is 31.2 Å². The molecule has 0 saturated heterocycles. The van der Waals surface area contributed by atoms with Crippen molar-refractivity contribution in [3.8, 4) is 22.9 Å². The van der Waals surface area contributed by atoms with Gasteiger partial charge in [0.05, 0.1) is 19.5 Å². The number of aromatic nitrogens is 3. The number of benzene rings is 2. The van der Waals surface area contributed by atoms with Gasteiger partial charge in [0, 0.05) is 17.2 Å². The fourth-order valence-corrected chi connectivity index (χ4v) is 6.05. The maximum absolute atomic E-state index is 14.0. The topological polar surface area (TPSA) is 66.2 Å². The first-order valence-electron chi connectivity index (χ1n) is 11.3. The van der Waals surface area contributed by atoms with Crippen LogP contribution in [0, 0.1) is 5.82 Å². The van der Waals surface area contributed by atoms with Gasteiger partial charge in [-0.2, -0.15) is 0 Å². The van der Waals surface area contributed by atoms with Crippen LogP contribution in [0.5, 0.6) is 11.5 Å². The second-order valence-corrected chi connectivity index (χ2v) is 9.69. The van der Waals surface area contributed by atoms with Crippen LogP contribution in [0.2, 0.25) is 0 Å². The average Bonchev–Trinajstić information content (AvgIpc) is 3.39. The summed E-state index contributed by atoms with van der Waals surface area (Å²) in [6.45, 7) is 0. The minimum absolute atomic E-state index is 0.0569. The lowest BCUT2D eigenvalue weighted by atomic mass is 9.95. The van der Waals surface area contributed by atoms with Crippen LogP contribution in [-0.2, 0) is 6.42 Å². The average molecular weight is 468 g/mol. The van der Waals surface area contributed by atoms with Crippen molar-refractivity contribution in [2.45, 2.75) is 55.0 Å². The van der Waals surface area contributed by atoms with Crippen molar-refractivity contribution in [2.75, 3.05) is 14.2 Å². The van der Waals surface area contributed by atoms with Crippen LogP contribution in [0.4, 0.5) is 4.39 Å². The summed E-state index contributed by atoms with van der Waals surface area (Å²) in [6, 6.07) is 10.4. The Morgan fingerprint density at radius 2 is 1.79 bits per heavy atom. The Labute approximate surface area is 196 Å². The number of ketones is 1. The molecule has 2 aromatic carbocycles. The van der Waals surface area contributed by atoms with Crippen LogP contribution in [0.3, 0.4) is 0 Å². The van der Waals surface area contributed by atoms with Crippen LogP contribution in [0.1, 0.15) is 54.1 Å². The summed E-state index contributed by atoms with van der Waals surface area (Å²) in [6.07, 6.45) is 6.15. The molecule has 33 heavy (non-hydrogen) atoms. The number of hydrogen-bond acceptors (Lipinski definition) is 6. The van der Waals surface area contributed by atoms with E-state index in [4.69, 9.17) is 9.47 Å². The number of thioether (sulfide) groups is 1. The Bertz CT molecular complexity index is 1190. The first-order valence-corrected chi connectivity index (χ1v) is 12.1. The molecule has 8 heteroatoms. The Hall–Kier alpha value is -2.87. The second kappa shape index (κ2) is 9.17. The van der Waals surface area contributed by atoms with Gasteiger partial charge < -0.3 is 9.47 Å². The number of hydrogen-bond donors (Lipinski definition) is 0. The Kier molecular flexibility index (Phi) is 6.10. The Morgan fingerprint density at radius 3 is 2.52 bits per heavy atom. The molecule has 0 bridgehead atoms. The molecule has 1 atom stereocenters. The third kappa shape index (κ3) is 4.12. The number of nitrogens with zero attached hydrogens (tertiary/aromatic N) is 3. The second-order valence-electron chi connectivity index (χ2n) is 8.52. The summed E-state index contributed by atoms with van der Waals surface area (Å²) in [4.78, 5) is 13.3. The molecule has 0 aliphatic heterocycles. The van der Waals surface area contributed by atoms with E-state index in [1.165, 1.54) is 30.3 Å². The Morgan fingerprint density at radius 1 is 1.03 bits per heavy atom. The molecule has 1 fully saturated rings. The highest BCUT2D eigenvalue weighted by Crippen LogP contribution is 2.42. The van der Waals surface area contributed by atoms with Crippen molar-refractivity contribution in [1.29, 1.82) is 0 Å². The predicted octanol–water partition coefficient (Wildman–Crippen LogP) is 5.51. The summed E-state index contributed by atoms with van der Waals surface area (Å²) in [5, 5.41) is 9.34. The van der Waals surface area contributed by atoms with Crippen LogP contribution in [-0.4, -0.2) is 40.0 Å². The number of carbonyl (C=O) groups excluding carboxylic acids is 1. The minimum Gasteiger partial charge on any atom is -0.493 e. The fourth-order valence-electron chi connectivity index (χ4n) is 4.86. The number of rotatable bonds is 6. The Balaban J connectivity index is 1.49. The van der Waals surface area contributed by atoms with Gasteiger partial charge in [-0.15, -0.1) is 10.2 Å². The predicted molar refractivity (Wildman–Crippen MR) is 125 cm³/mol. The molecule has 0 amide bonds. The van der Waals surface area contributed by atoms with Gasteiger partial charge >= 0.3 is 0 Å². The van der Waals surface area contributed by atoms with Crippen LogP contribution in [0.25, 0.3) is 11.4 Å². The molecule has 1 aromatic heterocycles. The van der Waals surface area contributed by atoms with E-state index in [1.54, 1.807) is 26.4 Å².